The van der Waals surface area contributed by atoms with E-state index >= 15 is 0 Å². The topological polar surface area (TPSA) is 62.7 Å². The average Bonchev–Trinajstić information content (AvgIpc) is 2.08. The summed E-state index contributed by atoms with van der Waals surface area (Å²) in [5, 5.41) is 0. The molecule has 8 heteroatoms. The second-order valence-corrected chi connectivity index (χ2v) is 3.87. The molecule has 0 radical (unpaired) electrons. The summed E-state index contributed by atoms with van der Waals surface area (Å²) in [5.41, 5.74) is 2.45. The largest absolute Gasteiger partial charge is 0.452 e. The van der Waals surface area contributed by atoms with Crippen LogP contribution in [0.4, 0.5) is 18.0 Å². The molecule has 0 aromatic carbocycles. The van der Waals surface area contributed by atoms with E-state index in [2.05, 4.69) is 9.73 Å². The second kappa shape index (κ2) is 5.04. The number of ether oxygens (including phenoxy) is 1. The van der Waals surface area contributed by atoms with Gasteiger partial charge >= 0.3 is 12.3 Å². The van der Waals surface area contributed by atoms with Crippen LogP contribution in [0.15, 0.2) is 4.99 Å². The highest BCUT2D eigenvalue weighted by Crippen LogP contribution is 2.18. The number of methoxy groups -OCH3 is 1. The third-order valence-corrected chi connectivity index (χ3v) is 1.18. The van der Waals surface area contributed by atoms with E-state index in [0.29, 0.717) is 0 Å². The monoisotopic (exact) mass is 241 g/mol. The smallest absolute Gasteiger partial charge is 0.450 e. The molecular formula is C8H14F3N3O2. The first kappa shape index (κ1) is 14.5. The van der Waals surface area contributed by atoms with Gasteiger partial charge in [-0.25, -0.2) is 10.2 Å². The third-order valence-electron chi connectivity index (χ3n) is 1.18. The summed E-state index contributed by atoms with van der Waals surface area (Å²) in [7, 11) is 1.03. The summed E-state index contributed by atoms with van der Waals surface area (Å²) in [6.45, 7) is 4.50. The standard InChI is InChI=1S/C8H14F3N3O2/c1-7(2,3)12-5(8(9,10)11)13-14-6(15)16-4/h1-4H3,(H,12,13)(H,14,15). The molecule has 0 aromatic heterocycles. The lowest BCUT2D eigenvalue weighted by Crippen LogP contribution is -2.48. The number of hydrazine groups is 1. The van der Waals surface area contributed by atoms with Crippen LogP contribution in [-0.4, -0.2) is 30.8 Å². The average molecular weight is 241 g/mol. The zero-order chi connectivity index (χ0) is 13.0. The molecule has 0 aliphatic carbocycles. The number of rotatable bonds is 0. The third kappa shape index (κ3) is 6.10. The number of carbonyl (C=O) groups excluding carboxylic acids is 1. The fourth-order valence-electron chi connectivity index (χ4n) is 0.659. The minimum absolute atomic E-state index is 0.921. The summed E-state index contributed by atoms with van der Waals surface area (Å²) in [4.78, 5) is 14.0. The highest BCUT2D eigenvalue weighted by atomic mass is 19.4. The molecule has 5 nitrogen and oxygen atoms in total. The Morgan fingerprint density at radius 1 is 1.19 bits per heavy atom. The first-order valence-corrected chi connectivity index (χ1v) is 4.33. The summed E-state index contributed by atoms with van der Waals surface area (Å²) in [6, 6.07) is 0. The Bertz CT molecular complexity index is 281. The summed E-state index contributed by atoms with van der Waals surface area (Å²) < 4.78 is 41.4. The lowest BCUT2D eigenvalue weighted by atomic mass is 10.1. The number of hydrogen-bond donors (Lipinski definition) is 2. The molecule has 0 fully saturated rings. The van der Waals surface area contributed by atoms with Crippen LogP contribution in [0.3, 0.4) is 0 Å². The normalized spacial score (nSPS) is 13.3. The summed E-state index contributed by atoms with van der Waals surface area (Å²) >= 11 is 0. The lowest BCUT2D eigenvalue weighted by molar-refractivity contribution is -0.0630. The number of carbonyl (C=O) groups is 1. The molecule has 94 valence electrons. The molecule has 0 aromatic rings. The quantitative estimate of drug-likeness (QED) is 0.384. The van der Waals surface area contributed by atoms with Gasteiger partial charge in [0.2, 0.25) is 5.84 Å². The Morgan fingerprint density at radius 3 is 2.00 bits per heavy atom. The maximum atomic E-state index is 12.4. The van der Waals surface area contributed by atoms with E-state index in [1.807, 2.05) is 0 Å². The van der Waals surface area contributed by atoms with Gasteiger partial charge in [0.05, 0.1) is 12.6 Å². The van der Waals surface area contributed by atoms with E-state index < -0.39 is 23.6 Å². The number of amidine groups is 1. The maximum absolute atomic E-state index is 12.4. The Labute approximate surface area is 91.0 Å². The van der Waals surface area contributed by atoms with E-state index in [4.69, 9.17) is 0 Å². The molecule has 0 saturated carbocycles. The lowest BCUT2D eigenvalue weighted by Gasteiger charge is -2.18. The van der Waals surface area contributed by atoms with Gasteiger partial charge in [-0.15, -0.1) is 0 Å². The van der Waals surface area contributed by atoms with Gasteiger partial charge in [-0.1, -0.05) is 0 Å². The number of halogens is 3. The summed E-state index contributed by atoms with van der Waals surface area (Å²) in [6.07, 6.45) is -5.71. The van der Waals surface area contributed by atoms with Crippen LogP contribution in [0.2, 0.25) is 0 Å². The Kier molecular flexibility index (Phi) is 4.58. The molecule has 0 aliphatic heterocycles. The number of alkyl halides is 3. The predicted octanol–water partition coefficient (Wildman–Crippen LogP) is 1.61. The molecule has 0 atom stereocenters. The molecule has 0 bridgehead atoms. The van der Waals surface area contributed by atoms with Crippen molar-refractivity contribution in [3.8, 4) is 0 Å². The SMILES string of the molecule is COC(=O)NNC(=NC(C)(C)C)C(F)(F)F. The minimum Gasteiger partial charge on any atom is -0.452 e. The van der Waals surface area contributed by atoms with Crippen molar-refractivity contribution in [3.63, 3.8) is 0 Å². The second-order valence-electron chi connectivity index (χ2n) is 3.87. The molecule has 0 unspecified atom stereocenters. The van der Waals surface area contributed by atoms with Gasteiger partial charge in [0.25, 0.3) is 0 Å². The van der Waals surface area contributed by atoms with Crippen molar-refractivity contribution >= 4 is 11.9 Å². The molecule has 0 heterocycles. The molecule has 0 aliphatic rings. The molecule has 0 spiro atoms. The predicted molar refractivity (Wildman–Crippen MR) is 51.9 cm³/mol. The van der Waals surface area contributed by atoms with E-state index in [1.54, 1.807) is 10.9 Å². The van der Waals surface area contributed by atoms with Gasteiger partial charge in [-0.3, -0.25) is 10.4 Å². The van der Waals surface area contributed by atoms with Crippen molar-refractivity contribution < 1.29 is 22.7 Å². The van der Waals surface area contributed by atoms with Crippen molar-refractivity contribution in [2.45, 2.75) is 32.5 Å². The van der Waals surface area contributed by atoms with Crippen LogP contribution in [0.5, 0.6) is 0 Å². The van der Waals surface area contributed by atoms with Crippen LogP contribution in [0.1, 0.15) is 20.8 Å². The van der Waals surface area contributed by atoms with Crippen LogP contribution in [0.25, 0.3) is 0 Å². The summed E-state index contributed by atoms with van der Waals surface area (Å²) in [5.74, 6) is -1.29. The molecule has 2 N–H and O–H groups in total. The highest BCUT2D eigenvalue weighted by Gasteiger charge is 2.37. The number of nitrogens with one attached hydrogen (secondary N) is 2. The van der Waals surface area contributed by atoms with Gasteiger partial charge in [-0.2, -0.15) is 13.2 Å². The Balaban J connectivity index is 4.72. The van der Waals surface area contributed by atoms with Crippen LogP contribution in [-0.2, 0) is 4.74 Å². The van der Waals surface area contributed by atoms with E-state index in [-0.39, 0.29) is 0 Å². The number of nitrogens with zero attached hydrogens (tertiary/aromatic N) is 1. The first-order valence-electron chi connectivity index (χ1n) is 4.33. The molecular weight excluding hydrogens is 227 g/mol. The van der Waals surface area contributed by atoms with Crippen LogP contribution in [0, 0.1) is 0 Å². The van der Waals surface area contributed by atoms with E-state index in [9.17, 15) is 18.0 Å². The van der Waals surface area contributed by atoms with Gasteiger partial charge in [0.15, 0.2) is 0 Å². The zero-order valence-electron chi connectivity index (χ0n) is 9.40. The molecule has 1 amide bonds. The Morgan fingerprint density at radius 2 is 1.69 bits per heavy atom. The van der Waals surface area contributed by atoms with Crippen molar-refractivity contribution in [3.05, 3.63) is 0 Å². The zero-order valence-corrected chi connectivity index (χ0v) is 9.40. The fraction of sp³-hybridized carbons (Fsp3) is 0.750. The van der Waals surface area contributed by atoms with Crippen molar-refractivity contribution in [2.24, 2.45) is 4.99 Å². The number of aliphatic imine (C=N–C) groups is 1. The highest BCUT2D eigenvalue weighted by molar-refractivity contribution is 5.89. The molecule has 0 saturated heterocycles. The molecule has 16 heavy (non-hydrogen) atoms. The van der Waals surface area contributed by atoms with Gasteiger partial charge in [0.1, 0.15) is 0 Å². The van der Waals surface area contributed by atoms with E-state index in [0.717, 1.165) is 7.11 Å². The number of amides is 1. The number of hydrogen-bond acceptors (Lipinski definition) is 3. The van der Waals surface area contributed by atoms with Crippen molar-refractivity contribution in [1.29, 1.82) is 0 Å². The minimum atomic E-state index is -4.67. The van der Waals surface area contributed by atoms with Gasteiger partial charge < -0.3 is 4.74 Å². The van der Waals surface area contributed by atoms with Crippen molar-refractivity contribution in [1.82, 2.24) is 10.9 Å². The van der Waals surface area contributed by atoms with E-state index in [1.165, 1.54) is 20.8 Å². The van der Waals surface area contributed by atoms with Crippen LogP contribution >= 0.6 is 0 Å². The fourth-order valence-corrected chi connectivity index (χ4v) is 0.659. The first-order chi connectivity index (χ1) is 7.06. The van der Waals surface area contributed by atoms with Crippen molar-refractivity contribution in [2.75, 3.05) is 7.11 Å². The molecule has 0 rings (SSSR count). The maximum Gasteiger partial charge on any atom is 0.450 e. The van der Waals surface area contributed by atoms with Gasteiger partial charge in [0, 0.05) is 0 Å². The van der Waals surface area contributed by atoms with Gasteiger partial charge in [-0.05, 0) is 20.8 Å². The van der Waals surface area contributed by atoms with Crippen LogP contribution < -0.4 is 10.9 Å². The Hall–Kier alpha value is -1.47.